The van der Waals surface area contributed by atoms with Crippen LogP contribution in [0.3, 0.4) is 0 Å². The molecule has 0 bridgehead atoms. The van der Waals surface area contributed by atoms with Crippen molar-refractivity contribution in [1.29, 1.82) is 0 Å². The summed E-state index contributed by atoms with van der Waals surface area (Å²) in [4.78, 5) is 13.8. The van der Waals surface area contributed by atoms with Crippen LogP contribution in [0.1, 0.15) is 30.8 Å². The summed E-state index contributed by atoms with van der Waals surface area (Å²) in [6, 6.07) is 10.0. The quantitative estimate of drug-likeness (QED) is 0.811. The maximum Gasteiger partial charge on any atom is 0.246 e. The van der Waals surface area contributed by atoms with E-state index in [1.807, 2.05) is 69.8 Å². The number of aromatic nitrogens is 2. The normalized spacial score (nSPS) is 10.4. The minimum Gasteiger partial charge on any atom is -0.338 e. The predicted molar refractivity (Wildman–Crippen MR) is 88.9 cm³/mol. The number of aryl methyl sites for hydroxylation is 1. The number of carbonyl (C=O) groups is 1. The molecule has 0 saturated carbocycles. The Labute approximate surface area is 132 Å². The van der Waals surface area contributed by atoms with E-state index >= 15 is 0 Å². The van der Waals surface area contributed by atoms with Gasteiger partial charge < -0.3 is 4.90 Å². The van der Waals surface area contributed by atoms with Gasteiger partial charge in [-0.1, -0.05) is 23.8 Å². The Bertz CT molecular complexity index is 695. The third-order valence-corrected chi connectivity index (χ3v) is 3.63. The van der Waals surface area contributed by atoms with Crippen LogP contribution in [0.4, 0.5) is 0 Å². The minimum atomic E-state index is 0.0197. The molecule has 0 saturated heterocycles. The highest BCUT2D eigenvalue weighted by Gasteiger charge is 2.16. The molecule has 0 unspecified atom stereocenters. The number of hydrogen-bond acceptors (Lipinski definition) is 2. The third-order valence-electron chi connectivity index (χ3n) is 3.63. The standard InChI is InChI=1S/C18H23N3O/c1-13(2)11-18(22)20(5)12-17-14(3)19-21(15(17)4)16-9-7-6-8-10-16/h6-11H,12H2,1-5H3. The van der Waals surface area contributed by atoms with Crippen molar-refractivity contribution in [2.45, 2.75) is 34.2 Å². The second-order valence-electron chi connectivity index (χ2n) is 5.81. The maximum absolute atomic E-state index is 12.1. The summed E-state index contributed by atoms with van der Waals surface area (Å²) in [5.74, 6) is 0.0197. The van der Waals surface area contributed by atoms with Crippen molar-refractivity contribution in [3.8, 4) is 5.69 Å². The van der Waals surface area contributed by atoms with Gasteiger partial charge in [0.15, 0.2) is 0 Å². The van der Waals surface area contributed by atoms with E-state index in [2.05, 4.69) is 5.10 Å². The first kappa shape index (κ1) is 16.0. The monoisotopic (exact) mass is 297 g/mol. The molecular formula is C18H23N3O. The highest BCUT2D eigenvalue weighted by atomic mass is 16.2. The molecule has 1 amide bonds. The number of benzene rings is 1. The first-order chi connectivity index (χ1) is 10.4. The predicted octanol–water partition coefficient (Wildman–Crippen LogP) is 3.41. The summed E-state index contributed by atoms with van der Waals surface area (Å²) < 4.78 is 1.93. The summed E-state index contributed by atoms with van der Waals surface area (Å²) in [6.07, 6.45) is 1.66. The number of allylic oxidation sites excluding steroid dienone is 1. The topological polar surface area (TPSA) is 38.1 Å². The van der Waals surface area contributed by atoms with Gasteiger partial charge in [0.05, 0.1) is 11.4 Å². The molecule has 0 aliphatic rings. The average molecular weight is 297 g/mol. The van der Waals surface area contributed by atoms with Gasteiger partial charge in [0.25, 0.3) is 0 Å². The molecule has 1 aromatic carbocycles. The molecule has 0 atom stereocenters. The van der Waals surface area contributed by atoms with Gasteiger partial charge in [0.2, 0.25) is 5.91 Å². The van der Waals surface area contributed by atoms with Gasteiger partial charge in [0.1, 0.15) is 0 Å². The minimum absolute atomic E-state index is 0.0197. The Morgan fingerprint density at radius 3 is 2.45 bits per heavy atom. The van der Waals surface area contributed by atoms with Gasteiger partial charge in [-0.15, -0.1) is 0 Å². The number of amides is 1. The van der Waals surface area contributed by atoms with E-state index in [0.29, 0.717) is 6.54 Å². The lowest BCUT2D eigenvalue weighted by Crippen LogP contribution is -2.25. The van der Waals surface area contributed by atoms with Gasteiger partial charge in [-0.2, -0.15) is 5.10 Å². The van der Waals surface area contributed by atoms with Crippen LogP contribution >= 0.6 is 0 Å². The van der Waals surface area contributed by atoms with Gasteiger partial charge in [-0.3, -0.25) is 4.79 Å². The van der Waals surface area contributed by atoms with E-state index in [4.69, 9.17) is 0 Å². The molecule has 4 heteroatoms. The van der Waals surface area contributed by atoms with E-state index in [-0.39, 0.29) is 5.91 Å². The van der Waals surface area contributed by atoms with Crippen LogP contribution in [0.5, 0.6) is 0 Å². The third kappa shape index (κ3) is 3.45. The Morgan fingerprint density at radius 2 is 1.86 bits per heavy atom. The molecule has 4 nitrogen and oxygen atoms in total. The highest BCUT2D eigenvalue weighted by molar-refractivity contribution is 5.87. The summed E-state index contributed by atoms with van der Waals surface area (Å²) in [5.41, 5.74) is 5.17. The number of rotatable bonds is 4. The van der Waals surface area contributed by atoms with E-state index in [1.165, 1.54) is 0 Å². The van der Waals surface area contributed by atoms with E-state index in [0.717, 1.165) is 28.2 Å². The molecule has 2 aromatic rings. The van der Waals surface area contributed by atoms with Gasteiger partial charge >= 0.3 is 0 Å². The molecule has 0 radical (unpaired) electrons. The fourth-order valence-corrected chi connectivity index (χ4v) is 2.40. The molecule has 0 aliphatic heterocycles. The van der Waals surface area contributed by atoms with Crippen LogP contribution < -0.4 is 0 Å². The van der Waals surface area contributed by atoms with Crippen molar-refractivity contribution < 1.29 is 4.79 Å². The fourth-order valence-electron chi connectivity index (χ4n) is 2.40. The van der Waals surface area contributed by atoms with Gasteiger partial charge in [-0.05, 0) is 39.8 Å². The number of para-hydroxylation sites is 1. The molecular weight excluding hydrogens is 274 g/mol. The zero-order valence-corrected chi connectivity index (χ0v) is 13.9. The SMILES string of the molecule is CC(C)=CC(=O)N(C)Cc1c(C)nn(-c2ccccc2)c1C. The van der Waals surface area contributed by atoms with Crippen LogP contribution in [-0.2, 0) is 11.3 Å². The lowest BCUT2D eigenvalue weighted by molar-refractivity contribution is -0.125. The fraction of sp³-hybridized carbons (Fsp3) is 0.333. The Kier molecular flexibility index (Phi) is 4.81. The van der Waals surface area contributed by atoms with Crippen LogP contribution in [0, 0.1) is 13.8 Å². The summed E-state index contributed by atoms with van der Waals surface area (Å²) in [7, 11) is 1.82. The summed E-state index contributed by atoms with van der Waals surface area (Å²) >= 11 is 0. The summed E-state index contributed by atoms with van der Waals surface area (Å²) in [6.45, 7) is 8.45. The van der Waals surface area contributed by atoms with Crippen LogP contribution in [0.15, 0.2) is 42.0 Å². The Balaban J connectivity index is 2.28. The van der Waals surface area contributed by atoms with Crippen molar-refractivity contribution in [2.75, 3.05) is 7.05 Å². The summed E-state index contributed by atoms with van der Waals surface area (Å²) in [5, 5.41) is 4.62. The number of nitrogens with zero attached hydrogens (tertiary/aromatic N) is 3. The highest BCUT2D eigenvalue weighted by Crippen LogP contribution is 2.19. The zero-order valence-electron chi connectivity index (χ0n) is 13.9. The average Bonchev–Trinajstić information content (AvgIpc) is 2.75. The van der Waals surface area contributed by atoms with Crippen molar-refractivity contribution in [2.24, 2.45) is 0 Å². The molecule has 0 aliphatic carbocycles. The lowest BCUT2D eigenvalue weighted by atomic mass is 10.2. The second kappa shape index (κ2) is 6.60. The van der Waals surface area contributed by atoms with Crippen LogP contribution in [0.25, 0.3) is 5.69 Å². The molecule has 0 N–H and O–H groups in total. The number of carbonyl (C=O) groups excluding carboxylic acids is 1. The van der Waals surface area contributed by atoms with Crippen molar-refractivity contribution in [3.63, 3.8) is 0 Å². The first-order valence-electron chi connectivity index (χ1n) is 7.40. The number of hydrogen-bond donors (Lipinski definition) is 0. The van der Waals surface area contributed by atoms with Gasteiger partial charge in [-0.25, -0.2) is 4.68 Å². The molecule has 2 rings (SSSR count). The maximum atomic E-state index is 12.1. The Morgan fingerprint density at radius 1 is 1.23 bits per heavy atom. The van der Waals surface area contributed by atoms with Crippen molar-refractivity contribution in [3.05, 3.63) is 58.9 Å². The zero-order chi connectivity index (χ0) is 16.3. The Hall–Kier alpha value is -2.36. The molecule has 1 aromatic heterocycles. The van der Waals surface area contributed by atoms with Crippen LogP contribution in [-0.4, -0.2) is 27.6 Å². The molecule has 22 heavy (non-hydrogen) atoms. The van der Waals surface area contributed by atoms with Crippen molar-refractivity contribution >= 4 is 5.91 Å². The van der Waals surface area contributed by atoms with E-state index < -0.39 is 0 Å². The number of likely N-dealkylation sites (N-methyl/N-ethyl adjacent to an activating group) is 1. The molecule has 1 heterocycles. The van der Waals surface area contributed by atoms with E-state index in [1.54, 1.807) is 11.0 Å². The van der Waals surface area contributed by atoms with Gasteiger partial charge in [0, 0.05) is 30.9 Å². The van der Waals surface area contributed by atoms with Crippen LogP contribution in [0.2, 0.25) is 0 Å². The van der Waals surface area contributed by atoms with Crippen molar-refractivity contribution in [1.82, 2.24) is 14.7 Å². The first-order valence-corrected chi connectivity index (χ1v) is 7.40. The van der Waals surface area contributed by atoms with E-state index in [9.17, 15) is 4.79 Å². The second-order valence-corrected chi connectivity index (χ2v) is 5.81. The largest absolute Gasteiger partial charge is 0.338 e. The molecule has 116 valence electrons. The smallest absolute Gasteiger partial charge is 0.246 e. The molecule has 0 fully saturated rings. The lowest BCUT2D eigenvalue weighted by Gasteiger charge is -2.16. The molecule has 0 spiro atoms.